The highest BCUT2D eigenvalue weighted by Crippen LogP contribution is 2.19. The van der Waals surface area contributed by atoms with Gasteiger partial charge < -0.3 is 0 Å². The van der Waals surface area contributed by atoms with Gasteiger partial charge in [0.05, 0.1) is 17.8 Å². The molecule has 0 bridgehead atoms. The van der Waals surface area contributed by atoms with Gasteiger partial charge in [-0.1, -0.05) is 32.0 Å². The molecule has 5 nitrogen and oxygen atoms in total. The van der Waals surface area contributed by atoms with E-state index in [1.165, 1.54) is 4.68 Å². The van der Waals surface area contributed by atoms with Crippen molar-refractivity contribution in [2.45, 2.75) is 40.2 Å². The van der Waals surface area contributed by atoms with E-state index in [1.54, 1.807) is 0 Å². The summed E-state index contributed by atoms with van der Waals surface area (Å²) in [5, 5.41) is 15.0. The molecule has 0 atom stereocenters. The van der Waals surface area contributed by atoms with Crippen LogP contribution >= 0.6 is 0 Å². The third-order valence-electron chi connectivity index (χ3n) is 4.39. The lowest BCUT2D eigenvalue weighted by atomic mass is 10.0. The van der Waals surface area contributed by atoms with Crippen molar-refractivity contribution in [1.29, 1.82) is 5.26 Å². The van der Waals surface area contributed by atoms with E-state index in [0.717, 1.165) is 33.4 Å². The Balaban J connectivity index is 2.20. The van der Waals surface area contributed by atoms with E-state index in [2.05, 4.69) is 16.2 Å². The van der Waals surface area contributed by atoms with E-state index in [4.69, 9.17) is 0 Å². The van der Waals surface area contributed by atoms with E-state index in [0.29, 0.717) is 19.4 Å². The first-order valence-electron chi connectivity index (χ1n) is 8.47. The molecule has 0 radical (unpaired) electrons. The van der Waals surface area contributed by atoms with E-state index in [-0.39, 0.29) is 11.1 Å². The summed E-state index contributed by atoms with van der Waals surface area (Å²) in [6.45, 7) is 6.20. The van der Waals surface area contributed by atoms with Crippen molar-refractivity contribution in [3.63, 3.8) is 0 Å². The number of pyridine rings is 1. The lowest BCUT2D eigenvalue weighted by molar-refractivity contribution is 0.613. The number of para-hydroxylation sites is 1. The number of hydrogen-bond acceptors (Lipinski definition) is 4. The van der Waals surface area contributed by atoms with E-state index >= 15 is 0 Å². The van der Waals surface area contributed by atoms with Crippen LogP contribution in [0.15, 0.2) is 35.1 Å². The van der Waals surface area contributed by atoms with Crippen LogP contribution in [0.4, 0.5) is 0 Å². The van der Waals surface area contributed by atoms with Gasteiger partial charge in [0.25, 0.3) is 5.56 Å². The van der Waals surface area contributed by atoms with Crippen LogP contribution in [0.2, 0.25) is 0 Å². The van der Waals surface area contributed by atoms with Crippen molar-refractivity contribution in [3.05, 3.63) is 68.8 Å². The lowest BCUT2D eigenvalue weighted by Crippen LogP contribution is -2.29. The standard InChI is InChI=1S/C20H20N4O/c1-4-15-17(11-21)20(25)24(23-18(15)5-2)12-14-10-13(3)22-19-9-7-6-8-16(14)19/h6-10H,4-5,12H2,1-3H3. The summed E-state index contributed by atoms with van der Waals surface area (Å²) in [6, 6.07) is 11.9. The first-order chi connectivity index (χ1) is 12.1. The Hall–Kier alpha value is -3.00. The zero-order chi connectivity index (χ0) is 18.0. The second kappa shape index (κ2) is 6.86. The highest BCUT2D eigenvalue weighted by atomic mass is 16.1. The monoisotopic (exact) mass is 332 g/mol. The summed E-state index contributed by atoms with van der Waals surface area (Å²) in [5.41, 5.74) is 4.23. The highest BCUT2D eigenvalue weighted by molar-refractivity contribution is 5.82. The number of aromatic nitrogens is 3. The molecule has 0 spiro atoms. The molecule has 0 N–H and O–H groups in total. The van der Waals surface area contributed by atoms with Gasteiger partial charge in [-0.05, 0) is 43.0 Å². The first-order valence-corrected chi connectivity index (χ1v) is 8.47. The van der Waals surface area contributed by atoms with Crippen LogP contribution in [0.1, 0.15) is 41.9 Å². The van der Waals surface area contributed by atoms with Crippen molar-refractivity contribution in [3.8, 4) is 6.07 Å². The Morgan fingerprint density at radius 1 is 1.20 bits per heavy atom. The fraction of sp³-hybridized carbons (Fsp3) is 0.300. The molecule has 0 fully saturated rings. The maximum atomic E-state index is 12.7. The van der Waals surface area contributed by atoms with E-state index in [9.17, 15) is 10.1 Å². The van der Waals surface area contributed by atoms with Gasteiger partial charge >= 0.3 is 0 Å². The van der Waals surface area contributed by atoms with Gasteiger partial charge in [-0.15, -0.1) is 0 Å². The van der Waals surface area contributed by atoms with Crippen molar-refractivity contribution in [1.82, 2.24) is 14.8 Å². The predicted octanol–water partition coefficient (Wildman–Crippen LogP) is 3.14. The van der Waals surface area contributed by atoms with Crippen molar-refractivity contribution in [2.24, 2.45) is 0 Å². The summed E-state index contributed by atoms with van der Waals surface area (Å²) in [7, 11) is 0. The minimum Gasteiger partial charge on any atom is -0.266 e. The Labute approximate surface area is 146 Å². The lowest BCUT2D eigenvalue weighted by Gasteiger charge is -2.13. The van der Waals surface area contributed by atoms with E-state index in [1.807, 2.05) is 51.1 Å². The summed E-state index contributed by atoms with van der Waals surface area (Å²) in [5.74, 6) is 0. The Kier molecular flexibility index (Phi) is 4.62. The van der Waals surface area contributed by atoms with Gasteiger partial charge in [-0.25, -0.2) is 4.68 Å². The van der Waals surface area contributed by atoms with Gasteiger partial charge in [0.15, 0.2) is 0 Å². The molecule has 1 aromatic carbocycles. The molecule has 2 aromatic heterocycles. The molecule has 0 aliphatic heterocycles. The summed E-state index contributed by atoms with van der Waals surface area (Å²) >= 11 is 0. The van der Waals surface area contributed by atoms with Gasteiger partial charge in [-0.3, -0.25) is 9.78 Å². The molecule has 5 heteroatoms. The Morgan fingerprint density at radius 3 is 2.64 bits per heavy atom. The topological polar surface area (TPSA) is 71.6 Å². The van der Waals surface area contributed by atoms with Crippen LogP contribution in [-0.2, 0) is 19.4 Å². The van der Waals surface area contributed by atoms with Gasteiger partial charge in [0, 0.05) is 11.1 Å². The molecule has 3 rings (SSSR count). The average molecular weight is 332 g/mol. The fourth-order valence-electron chi connectivity index (χ4n) is 3.23. The minimum atomic E-state index is -0.324. The molecular weight excluding hydrogens is 312 g/mol. The smallest absolute Gasteiger partial charge is 0.266 e. The molecule has 25 heavy (non-hydrogen) atoms. The summed E-state index contributed by atoms with van der Waals surface area (Å²) in [4.78, 5) is 17.3. The average Bonchev–Trinajstić information content (AvgIpc) is 2.62. The normalized spacial score (nSPS) is 10.8. The zero-order valence-corrected chi connectivity index (χ0v) is 14.7. The SMILES string of the molecule is CCc1nn(Cc2cc(C)nc3ccccc23)c(=O)c(C#N)c1CC. The minimum absolute atomic E-state index is 0.212. The van der Waals surface area contributed by atoms with Gasteiger partial charge in [0.1, 0.15) is 11.6 Å². The van der Waals surface area contributed by atoms with Crippen LogP contribution in [0.5, 0.6) is 0 Å². The second-order valence-electron chi connectivity index (χ2n) is 6.02. The second-order valence-corrected chi connectivity index (χ2v) is 6.02. The van der Waals surface area contributed by atoms with Crippen LogP contribution in [0.3, 0.4) is 0 Å². The number of nitriles is 1. The number of benzene rings is 1. The third-order valence-corrected chi connectivity index (χ3v) is 4.39. The molecule has 0 unspecified atom stereocenters. The summed E-state index contributed by atoms with van der Waals surface area (Å²) < 4.78 is 1.41. The quantitative estimate of drug-likeness (QED) is 0.736. The molecule has 3 aromatic rings. The largest absolute Gasteiger partial charge is 0.285 e. The number of nitrogens with zero attached hydrogens (tertiary/aromatic N) is 4. The fourth-order valence-corrected chi connectivity index (χ4v) is 3.23. The number of aryl methyl sites for hydroxylation is 2. The maximum Gasteiger partial charge on any atom is 0.285 e. The molecule has 126 valence electrons. The van der Waals surface area contributed by atoms with Crippen LogP contribution in [0.25, 0.3) is 10.9 Å². The summed E-state index contributed by atoms with van der Waals surface area (Å²) in [6.07, 6.45) is 1.32. The highest BCUT2D eigenvalue weighted by Gasteiger charge is 2.16. The Bertz CT molecular complexity index is 1040. The molecule has 0 amide bonds. The van der Waals surface area contributed by atoms with Gasteiger partial charge in [-0.2, -0.15) is 10.4 Å². The number of rotatable bonds is 4. The Morgan fingerprint density at radius 2 is 1.96 bits per heavy atom. The first kappa shape index (κ1) is 16.8. The van der Waals surface area contributed by atoms with Crippen LogP contribution < -0.4 is 5.56 Å². The number of fused-ring (bicyclic) bond motifs is 1. The molecular formula is C20H20N4O. The molecule has 2 heterocycles. The molecule has 0 saturated heterocycles. The van der Waals surface area contributed by atoms with Crippen LogP contribution in [0, 0.1) is 18.3 Å². The zero-order valence-electron chi connectivity index (χ0n) is 14.7. The van der Waals surface area contributed by atoms with Crippen LogP contribution in [-0.4, -0.2) is 14.8 Å². The van der Waals surface area contributed by atoms with Crippen molar-refractivity contribution >= 4 is 10.9 Å². The molecule has 0 aliphatic carbocycles. The van der Waals surface area contributed by atoms with Crippen molar-refractivity contribution in [2.75, 3.05) is 0 Å². The van der Waals surface area contributed by atoms with Crippen molar-refractivity contribution < 1.29 is 0 Å². The molecule has 0 saturated carbocycles. The molecule has 0 aliphatic rings. The number of hydrogen-bond donors (Lipinski definition) is 0. The third kappa shape index (κ3) is 3.03. The predicted molar refractivity (Wildman–Crippen MR) is 97.6 cm³/mol. The van der Waals surface area contributed by atoms with E-state index < -0.39 is 0 Å². The maximum absolute atomic E-state index is 12.7. The van der Waals surface area contributed by atoms with Gasteiger partial charge in [0.2, 0.25) is 0 Å².